The molecular weight excluding hydrogens is 574 g/mol. The highest BCUT2D eigenvalue weighted by Crippen LogP contribution is 2.32. The Kier molecular flexibility index (Phi) is 12.4. The van der Waals surface area contributed by atoms with E-state index in [1.54, 1.807) is 31.7 Å². The van der Waals surface area contributed by atoms with Gasteiger partial charge in [-0.05, 0) is 81.8 Å². The second kappa shape index (κ2) is 15.8. The van der Waals surface area contributed by atoms with Gasteiger partial charge in [0.1, 0.15) is 17.7 Å². The third-order valence-corrected chi connectivity index (χ3v) is 7.72. The van der Waals surface area contributed by atoms with Gasteiger partial charge in [0.25, 0.3) is 5.91 Å². The van der Waals surface area contributed by atoms with Crippen LogP contribution in [0.15, 0.2) is 66.7 Å². The lowest BCUT2D eigenvalue weighted by atomic mass is 9.92. The minimum atomic E-state index is -0.977. The van der Waals surface area contributed by atoms with Crippen molar-refractivity contribution in [1.82, 2.24) is 10.2 Å². The molecule has 3 aromatic carbocycles. The zero-order valence-corrected chi connectivity index (χ0v) is 27.8. The molecule has 0 aliphatic carbocycles. The van der Waals surface area contributed by atoms with Crippen LogP contribution in [0, 0.1) is 20.8 Å². The lowest BCUT2D eigenvalue weighted by Gasteiger charge is -2.36. The number of rotatable bonds is 12. The normalized spacial score (nSPS) is 12.6. The molecule has 0 saturated carbocycles. The molecule has 0 spiro atoms. The number of aryl methyl sites for hydroxylation is 3. The van der Waals surface area contributed by atoms with Gasteiger partial charge in [0.2, 0.25) is 5.91 Å². The summed E-state index contributed by atoms with van der Waals surface area (Å²) in [7, 11) is 0. The lowest BCUT2D eigenvalue weighted by Crippen LogP contribution is -2.53. The number of unbranched alkanes of at least 4 members (excludes halogenated alkanes) is 2. The van der Waals surface area contributed by atoms with Crippen LogP contribution in [0.3, 0.4) is 0 Å². The standard InChI is InChI=1S/C36H46ClN3O4/c1-8-9-13-22-40(34(42)29(23-27-19-11-10-12-20-27)38-35(43)44-36(5,6)7)32(30-24(2)16-14-17-25(30)3)33(41)39-31-26(4)18-15-21-28(31)37/h10-12,14-21,29,32H,8-9,13,22-23H2,1-7H3,(H,38,43)(H,39,41). The molecule has 3 rings (SSSR count). The average Bonchev–Trinajstić information content (AvgIpc) is 2.94. The number of hydrogen-bond acceptors (Lipinski definition) is 4. The molecular formula is C36H46ClN3O4. The first-order valence-corrected chi connectivity index (χ1v) is 15.7. The van der Waals surface area contributed by atoms with Crippen LogP contribution in [0.5, 0.6) is 0 Å². The number of alkyl carbamates (subject to hydrolysis) is 1. The van der Waals surface area contributed by atoms with E-state index in [-0.39, 0.29) is 18.2 Å². The molecule has 0 radical (unpaired) electrons. The Morgan fingerprint density at radius 3 is 2.07 bits per heavy atom. The summed E-state index contributed by atoms with van der Waals surface area (Å²) in [4.78, 5) is 43.8. The summed E-state index contributed by atoms with van der Waals surface area (Å²) >= 11 is 6.53. The van der Waals surface area contributed by atoms with Gasteiger partial charge < -0.3 is 20.3 Å². The number of nitrogens with one attached hydrogen (secondary N) is 2. The molecule has 3 amide bonds. The first-order valence-electron chi connectivity index (χ1n) is 15.3. The second-order valence-corrected chi connectivity index (χ2v) is 12.7. The molecule has 236 valence electrons. The minimum absolute atomic E-state index is 0.230. The number of carbonyl (C=O) groups excluding carboxylic acids is 3. The van der Waals surface area contributed by atoms with Crippen molar-refractivity contribution in [3.05, 3.63) is 99.6 Å². The lowest BCUT2D eigenvalue weighted by molar-refractivity contribution is -0.141. The summed E-state index contributed by atoms with van der Waals surface area (Å²) in [5.41, 5.74) is 3.94. The summed E-state index contributed by atoms with van der Waals surface area (Å²) < 4.78 is 5.56. The van der Waals surface area contributed by atoms with Gasteiger partial charge in [-0.15, -0.1) is 0 Å². The molecule has 3 aromatic rings. The highest BCUT2D eigenvalue weighted by atomic mass is 35.5. The summed E-state index contributed by atoms with van der Waals surface area (Å²) in [5, 5.41) is 6.28. The highest BCUT2D eigenvalue weighted by molar-refractivity contribution is 6.34. The van der Waals surface area contributed by atoms with Crippen molar-refractivity contribution in [3.8, 4) is 0 Å². The topological polar surface area (TPSA) is 87.7 Å². The molecule has 2 N–H and O–H groups in total. The van der Waals surface area contributed by atoms with E-state index in [0.29, 0.717) is 23.7 Å². The van der Waals surface area contributed by atoms with Crippen molar-refractivity contribution >= 4 is 35.2 Å². The molecule has 0 heterocycles. The second-order valence-electron chi connectivity index (χ2n) is 12.3. The predicted octanol–water partition coefficient (Wildman–Crippen LogP) is 8.10. The van der Waals surface area contributed by atoms with Crippen LogP contribution in [-0.2, 0) is 20.7 Å². The van der Waals surface area contributed by atoms with Gasteiger partial charge in [-0.3, -0.25) is 9.59 Å². The fourth-order valence-electron chi connectivity index (χ4n) is 5.27. The number of anilines is 1. The molecule has 0 aliphatic rings. The number of hydrogen-bond donors (Lipinski definition) is 2. The Labute approximate surface area is 267 Å². The van der Waals surface area contributed by atoms with Crippen LogP contribution in [0.25, 0.3) is 0 Å². The van der Waals surface area contributed by atoms with E-state index in [9.17, 15) is 14.4 Å². The van der Waals surface area contributed by atoms with E-state index >= 15 is 0 Å². The number of benzene rings is 3. The number of halogens is 1. The minimum Gasteiger partial charge on any atom is -0.444 e. The molecule has 8 heteroatoms. The smallest absolute Gasteiger partial charge is 0.408 e. The summed E-state index contributed by atoms with van der Waals surface area (Å²) in [6, 6.07) is 18.8. The monoisotopic (exact) mass is 619 g/mol. The van der Waals surface area contributed by atoms with Gasteiger partial charge in [-0.1, -0.05) is 92.0 Å². The van der Waals surface area contributed by atoms with Gasteiger partial charge in [0, 0.05) is 13.0 Å². The number of nitrogens with zero attached hydrogens (tertiary/aromatic N) is 1. The Balaban J connectivity index is 2.14. The maximum atomic E-state index is 14.7. The number of carbonyl (C=O) groups is 3. The van der Waals surface area contributed by atoms with Crippen LogP contribution in [0.4, 0.5) is 10.5 Å². The van der Waals surface area contributed by atoms with Crippen LogP contribution in [0.2, 0.25) is 5.02 Å². The van der Waals surface area contributed by atoms with E-state index in [0.717, 1.165) is 40.7 Å². The van der Waals surface area contributed by atoms with Gasteiger partial charge in [0.15, 0.2) is 0 Å². The first-order chi connectivity index (χ1) is 20.8. The quantitative estimate of drug-likeness (QED) is 0.201. The number of amides is 3. The van der Waals surface area contributed by atoms with Crippen molar-refractivity contribution in [2.75, 3.05) is 11.9 Å². The van der Waals surface area contributed by atoms with Gasteiger partial charge in [0.05, 0.1) is 10.7 Å². The van der Waals surface area contributed by atoms with E-state index in [2.05, 4.69) is 17.6 Å². The van der Waals surface area contributed by atoms with Crippen molar-refractivity contribution in [1.29, 1.82) is 0 Å². The zero-order chi connectivity index (χ0) is 32.4. The molecule has 2 unspecified atom stereocenters. The van der Waals surface area contributed by atoms with Gasteiger partial charge in [-0.2, -0.15) is 0 Å². The molecule has 0 bridgehead atoms. The summed E-state index contributed by atoms with van der Waals surface area (Å²) in [5.74, 6) is -0.742. The molecule has 0 fully saturated rings. The van der Waals surface area contributed by atoms with Crippen molar-refractivity contribution in [2.24, 2.45) is 0 Å². The Morgan fingerprint density at radius 2 is 1.48 bits per heavy atom. The maximum absolute atomic E-state index is 14.7. The van der Waals surface area contributed by atoms with Gasteiger partial charge >= 0.3 is 6.09 Å². The number of para-hydroxylation sites is 1. The van der Waals surface area contributed by atoms with Crippen LogP contribution in [0.1, 0.15) is 80.8 Å². The highest BCUT2D eigenvalue weighted by Gasteiger charge is 2.38. The third kappa shape index (κ3) is 9.58. The molecule has 7 nitrogen and oxygen atoms in total. The Morgan fingerprint density at radius 1 is 0.864 bits per heavy atom. The SMILES string of the molecule is CCCCCN(C(=O)C(Cc1ccccc1)NC(=O)OC(C)(C)C)C(C(=O)Nc1c(C)cccc1Cl)c1c(C)cccc1C. The molecule has 2 atom stereocenters. The van der Waals surface area contributed by atoms with E-state index in [1.165, 1.54) is 0 Å². The van der Waals surface area contributed by atoms with Crippen molar-refractivity contribution < 1.29 is 19.1 Å². The van der Waals surface area contributed by atoms with E-state index in [1.807, 2.05) is 81.4 Å². The predicted molar refractivity (Wildman–Crippen MR) is 178 cm³/mol. The van der Waals surface area contributed by atoms with Crippen LogP contribution < -0.4 is 10.6 Å². The molecule has 0 aromatic heterocycles. The maximum Gasteiger partial charge on any atom is 0.408 e. The van der Waals surface area contributed by atoms with Crippen molar-refractivity contribution in [2.45, 2.75) is 91.8 Å². The third-order valence-electron chi connectivity index (χ3n) is 7.40. The van der Waals surface area contributed by atoms with Crippen molar-refractivity contribution in [3.63, 3.8) is 0 Å². The summed E-state index contributed by atoms with van der Waals surface area (Å²) in [6.07, 6.45) is 2.03. The molecule has 44 heavy (non-hydrogen) atoms. The Bertz CT molecular complexity index is 1390. The largest absolute Gasteiger partial charge is 0.444 e. The zero-order valence-electron chi connectivity index (χ0n) is 27.0. The van der Waals surface area contributed by atoms with Crippen LogP contribution >= 0.6 is 11.6 Å². The van der Waals surface area contributed by atoms with Gasteiger partial charge in [-0.25, -0.2) is 4.79 Å². The summed E-state index contributed by atoms with van der Waals surface area (Å²) in [6.45, 7) is 13.5. The van der Waals surface area contributed by atoms with E-state index < -0.39 is 23.8 Å². The fraction of sp³-hybridized carbons (Fsp3) is 0.417. The number of ether oxygens (including phenoxy) is 1. The molecule has 0 saturated heterocycles. The molecule has 0 aliphatic heterocycles. The first kappa shape index (κ1) is 34.6. The Hall–Kier alpha value is -3.84. The average molecular weight is 620 g/mol. The van der Waals surface area contributed by atoms with Crippen LogP contribution in [-0.4, -0.2) is 41.0 Å². The fourth-order valence-corrected chi connectivity index (χ4v) is 5.54. The van der Waals surface area contributed by atoms with E-state index in [4.69, 9.17) is 16.3 Å².